The van der Waals surface area contributed by atoms with Crippen LogP contribution in [0.4, 0.5) is 10.7 Å². The number of imide groups is 1. The number of aromatic amines is 1. The first-order chi connectivity index (χ1) is 18.2. The monoisotopic (exact) mass is 530 g/mol. The first-order valence-electron chi connectivity index (χ1n) is 12.3. The summed E-state index contributed by atoms with van der Waals surface area (Å²) in [6.07, 6.45) is 1.41. The number of ether oxygens (including phenoxy) is 1. The summed E-state index contributed by atoms with van der Waals surface area (Å²) in [5, 5.41) is 5.96. The Hall–Kier alpha value is -4.25. The Balaban J connectivity index is 1.41. The molecule has 11 heteroatoms. The molecule has 5 heterocycles. The minimum atomic E-state index is -0.566. The second-order valence-corrected chi connectivity index (χ2v) is 11.2. The van der Waals surface area contributed by atoms with E-state index in [1.54, 1.807) is 11.1 Å². The standard InChI is InChI=1S/C27H26N6O4S/c1-27(2,3)37-26(36)33-11-9-32(10-12-33)25-29-18-7-5-4-6-16(18)21(30-25)20-19(22(34)31-23(20)35)17-14-28-24-15(17)8-13-38-24/h4-8,13-14,28H,9-12H2,1-3H3,(H,31,34,35). The predicted molar refractivity (Wildman–Crippen MR) is 146 cm³/mol. The first-order valence-corrected chi connectivity index (χ1v) is 13.2. The summed E-state index contributed by atoms with van der Waals surface area (Å²) >= 11 is 1.53. The molecule has 0 saturated carbocycles. The number of aromatic nitrogens is 3. The molecule has 1 fully saturated rings. The summed E-state index contributed by atoms with van der Waals surface area (Å²) in [6.45, 7) is 7.43. The lowest BCUT2D eigenvalue weighted by Crippen LogP contribution is -2.50. The van der Waals surface area contributed by atoms with Gasteiger partial charge in [-0.15, -0.1) is 11.3 Å². The Bertz CT molecular complexity index is 1640. The van der Waals surface area contributed by atoms with E-state index in [1.807, 2.05) is 61.4 Å². The van der Waals surface area contributed by atoms with Crippen molar-refractivity contribution in [2.45, 2.75) is 26.4 Å². The smallest absolute Gasteiger partial charge is 0.410 e. The van der Waals surface area contributed by atoms with Gasteiger partial charge in [0.2, 0.25) is 5.95 Å². The van der Waals surface area contributed by atoms with Crippen molar-refractivity contribution in [1.29, 1.82) is 0 Å². The molecule has 194 valence electrons. The quantitative estimate of drug-likeness (QED) is 0.387. The van der Waals surface area contributed by atoms with Gasteiger partial charge in [0.25, 0.3) is 11.8 Å². The van der Waals surface area contributed by atoms with Gasteiger partial charge in [-0.05, 0) is 38.3 Å². The third kappa shape index (κ3) is 4.18. The van der Waals surface area contributed by atoms with Crippen molar-refractivity contribution >= 4 is 67.5 Å². The van der Waals surface area contributed by atoms with Crippen LogP contribution in [0.2, 0.25) is 0 Å². The molecule has 1 aromatic carbocycles. The van der Waals surface area contributed by atoms with Crippen molar-refractivity contribution in [2.24, 2.45) is 0 Å². The topological polar surface area (TPSA) is 121 Å². The third-order valence-electron chi connectivity index (χ3n) is 6.55. The van der Waals surface area contributed by atoms with Gasteiger partial charge in [-0.25, -0.2) is 14.8 Å². The molecule has 4 aromatic rings. The van der Waals surface area contributed by atoms with Gasteiger partial charge in [-0.2, -0.15) is 0 Å². The van der Waals surface area contributed by atoms with Crippen molar-refractivity contribution in [3.63, 3.8) is 0 Å². The van der Waals surface area contributed by atoms with Crippen LogP contribution in [0.15, 0.2) is 41.9 Å². The van der Waals surface area contributed by atoms with Crippen molar-refractivity contribution in [2.75, 3.05) is 31.1 Å². The van der Waals surface area contributed by atoms with Crippen molar-refractivity contribution in [1.82, 2.24) is 25.2 Å². The van der Waals surface area contributed by atoms with Gasteiger partial charge >= 0.3 is 6.09 Å². The highest BCUT2D eigenvalue weighted by molar-refractivity contribution is 7.16. The van der Waals surface area contributed by atoms with Gasteiger partial charge < -0.3 is 19.5 Å². The first kappa shape index (κ1) is 24.1. The zero-order valence-corrected chi connectivity index (χ0v) is 22.0. The van der Waals surface area contributed by atoms with E-state index < -0.39 is 17.4 Å². The maximum atomic E-state index is 13.2. The zero-order valence-electron chi connectivity index (χ0n) is 21.2. The van der Waals surface area contributed by atoms with Crippen LogP contribution in [0.1, 0.15) is 32.0 Å². The van der Waals surface area contributed by atoms with Gasteiger partial charge in [-0.3, -0.25) is 14.9 Å². The zero-order chi connectivity index (χ0) is 26.6. The molecule has 1 saturated heterocycles. The Morgan fingerprint density at radius 2 is 1.71 bits per heavy atom. The number of hydrogen-bond donors (Lipinski definition) is 2. The normalized spacial score (nSPS) is 16.6. The number of piperazine rings is 1. The van der Waals surface area contributed by atoms with Crippen LogP contribution in [0, 0.1) is 0 Å². The number of hydrogen-bond acceptors (Lipinski definition) is 8. The van der Waals surface area contributed by atoms with E-state index in [0.717, 1.165) is 10.2 Å². The molecule has 3 amide bonds. The molecular weight excluding hydrogens is 504 g/mol. The maximum Gasteiger partial charge on any atom is 0.410 e. The Labute approximate surface area is 222 Å². The molecule has 38 heavy (non-hydrogen) atoms. The van der Waals surface area contributed by atoms with Crippen molar-refractivity contribution in [3.05, 3.63) is 53.2 Å². The van der Waals surface area contributed by atoms with Gasteiger partial charge in [0.15, 0.2) is 0 Å². The molecular formula is C27H26N6O4S. The molecule has 0 bridgehead atoms. The van der Waals surface area contributed by atoms with Crippen molar-refractivity contribution < 1.29 is 19.1 Å². The van der Waals surface area contributed by atoms with Crippen molar-refractivity contribution in [3.8, 4) is 0 Å². The minimum Gasteiger partial charge on any atom is -0.444 e. The number of H-pyrrole nitrogens is 1. The van der Waals surface area contributed by atoms with Crippen LogP contribution in [-0.2, 0) is 14.3 Å². The highest BCUT2D eigenvalue weighted by Gasteiger charge is 2.36. The number of thiophene rings is 1. The van der Waals surface area contributed by atoms with E-state index in [0.29, 0.717) is 59.9 Å². The SMILES string of the molecule is CC(C)(C)OC(=O)N1CCN(c2nc(C3=C(c4c[nH]c5sccc45)C(=O)NC3=O)c3ccccc3n2)CC1. The molecule has 2 aliphatic rings. The molecule has 2 N–H and O–H groups in total. The fourth-order valence-electron chi connectivity index (χ4n) is 4.81. The largest absolute Gasteiger partial charge is 0.444 e. The van der Waals surface area contributed by atoms with Gasteiger partial charge in [0.1, 0.15) is 10.4 Å². The molecule has 0 atom stereocenters. The van der Waals surface area contributed by atoms with E-state index in [1.165, 1.54) is 11.3 Å². The average molecular weight is 531 g/mol. The molecule has 10 nitrogen and oxygen atoms in total. The number of carbonyl (C=O) groups excluding carboxylic acids is 3. The number of carbonyl (C=O) groups is 3. The maximum absolute atomic E-state index is 13.2. The molecule has 0 unspecified atom stereocenters. The molecule has 3 aromatic heterocycles. The summed E-state index contributed by atoms with van der Waals surface area (Å²) in [5.41, 5.74) is 1.69. The predicted octanol–water partition coefficient (Wildman–Crippen LogP) is 3.80. The van der Waals surface area contributed by atoms with Crippen LogP contribution >= 0.6 is 11.3 Å². The number of fused-ring (bicyclic) bond motifs is 2. The number of para-hydroxylation sites is 1. The number of benzene rings is 1. The van der Waals surface area contributed by atoms with Crippen LogP contribution in [0.25, 0.3) is 32.3 Å². The summed E-state index contributed by atoms with van der Waals surface area (Å²) in [7, 11) is 0. The summed E-state index contributed by atoms with van der Waals surface area (Å²) in [6, 6.07) is 9.38. The third-order valence-corrected chi connectivity index (χ3v) is 7.39. The number of nitrogens with zero attached hydrogens (tertiary/aromatic N) is 4. The molecule has 0 radical (unpaired) electrons. The summed E-state index contributed by atoms with van der Waals surface area (Å²) in [5.74, 6) is -0.497. The fraction of sp³-hybridized carbons (Fsp3) is 0.296. The molecule has 0 spiro atoms. The lowest BCUT2D eigenvalue weighted by molar-refractivity contribution is -0.122. The average Bonchev–Trinajstić information content (AvgIpc) is 3.57. The molecule has 0 aliphatic carbocycles. The summed E-state index contributed by atoms with van der Waals surface area (Å²) in [4.78, 5) is 56.2. The van der Waals surface area contributed by atoms with E-state index in [-0.39, 0.29) is 11.7 Å². The van der Waals surface area contributed by atoms with Gasteiger partial charge in [0.05, 0.1) is 22.4 Å². The number of nitrogens with one attached hydrogen (secondary N) is 2. The second-order valence-electron chi connectivity index (χ2n) is 10.2. The highest BCUT2D eigenvalue weighted by Crippen LogP contribution is 2.38. The van der Waals surface area contributed by atoms with E-state index in [4.69, 9.17) is 14.7 Å². The number of anilines is 1. The van der Waals surface area contributed by atoms with E-state index >= 15 is 0 Å². The van der Waals surface area contributed by atoms with Gasteiger partial charge in [0, 0.05) is 48.7 Å². The lowest BCUT2D eigenvalue weighted by Gasteiger charge is -2.35. The fourth-order valence-corrected chi connectivity index (χ4v) is 5.58. The molecule has 2 aliphatic heterocycles. The Kier molecular flexibility index (Phi) is 5.68. The van der Waals surface area contributed by atoms with Crippen LogP contribution < -0.4 is 10.2 Å². The Morgan fingerprint density at radius 1 is 0.974 bits per heavy atom. The number of rotatable bonds is 3. The van der Waals surface area contributed by atoms with Crippen LogP contribution in [0.3, 0.4) is 0 Å². The van der Waals surface area contributed by atoms with Crippen LogP contribution in [0.5, 0.6) is 0 Å². The second kappa shape index (κ2) is 8.95. The van der Waals surface area contributed by atoms with Gasteiger partial charge in [-0.1, -0.05) is 18.2 Å². The van der Waals surface area contributed by atoms with E-state index in [9.17, 15) is 14.4 Å². The molecule has 6 rings (SSSR count). The Morgan fingerprint density at radius 3 is 2.47 bits per heavy atom. The summed E-state index contributed by atoms with van der Waals surface area (Å²) < 4.78 is 5.51. The highest BCUT2D eigenvalue weighted by atomic mass is 32.1. The van der Waals surface area contributed by atoms with E-state index in [2.05, 4.69) is 10.3 Å². The van der Waals surface area contributed by atoms with Crippen LogP contribution in [-0.4, -0.2) is 69.5 Å². The number of amides is 3. The lowest BCUT2D eigenvalue weighted by atomic mass is 9.97. The minimum absolute atomic E-state index is 0.231.